The largest absolute Gasteiger partial charge is 0.505 e. The molecule has 3 rings (SSSR count). The number of hydrogen-bond donors (Lipinski definition) is 2. The Morgan fingerprint density at radius 1 is 1.18 bits per heavy atom. The van der Waals surface area contributed by atoms with Gasteiger partial charge < -0.3 is 10.4 Å². The molecule has 0 bridgehead atoms. The summed E-state index contributed by atoms with van der Waals surface area (Å²) in [6.45, 7) is 0. The number of benzene rings is 2. The Bertz CT molecular complexity index is 1070. The van der Waals surface area contributed by atoms with Crippen molar-refractivity contribution in [1.29, 1.82) is 0 Å². The van der Waals surface area contributed by atoms with Gasteiger partial charge in [0, 0.05) is 17.6 Å². The Hall–Kier alpha value is -3.69. The highest BCUT2D eigenvalue weighted by Crippen LogP contribution is 2.35. The number of nitrogens with one attached hydrogen (secondary N) is 1. The highest BCUT2D eigenvalue weighted by molar-refractivity contribution is 6.10. The van der Waals surface area contributed by atoms with Crippen molar-refractivity contribution >= 4 is 28.2 Å². The van der Waals surface area contributed by atoms with Crippen LogP contribution in [0.3, 0.4) is 0 Å². The van der Waals surface area contributed by atoms with E-state index in [1.807, 2.05) is 0 Å². The molecular formula is C18H14F3N3O4. The second kappa shape index (κ2) is 7.51. The zero-order chi connectivity index (χ0) is 19.8. The maximum atomic E-state index is 12.7. The molecular weight excluding hydrogens is 379 g/mol. The lowest BCUT2D eigenvalue weighted by atomic mass is 10.1. The summed E-state index contributed by atoms with van der Waals surface area (Å²) in [6.07, 6.45) is -3.36. The van der Waals surface area contributed by atoms with Crippen LogP contribution in [0, 0.1) is 10.1 Å². The van der Waals surface area contributed by atoms with E-state index in [1.165, 1.54) is 18.3 Å². The van der Waals surface area contributed by atoms with E-state index in [-0.39, 0.29) is 18.5 Å². The van der Waals surface area contributed by atoms with Gasteiger partial charge >= 0.3 is 6.18 Å². The highest BCUT2D eigenvalue weighted by Gasteiger charge is 2.33. The number of anilines is 1. The Morgan fingerprint density at radius 3 is 2.54 bits per heavy atom. The molecule has 2 N–H and O–H groups in total. The van der Waals surface area contributed by atoms with Gasteiger partial charge in [-0.2, -0.15) is 13.2 Å². The Balaban J connectivity index is 0.00000280. The van der Waals surface area contributed by atoms with E-state index in [4.69, 9.17) is 0 Å². The van der Waals surface area contributed by atoms with Crippen LogP contribution >= 0.6 is 0 Å². The summed E-state index contributed by atoms with van der Waals surface area (Å²) >= 11 is 0. The summed E-state index contributed by atoms with van der Waals surface area (Å²) in [5.74, 6) is -1.37. The van der Waals surface area contributed by atoms with Crippen molar-refractivity contribution in [2.45, 2.75) is 13.6 Å². The number of carbonyl (C=O) groups excluding carboxylic acids is 1. The molecule has 3 aromatic rings. The Labute approximate surface area is 156 Å². The number of hydrogen-bond acceptors (Lipinski definition) is 5. The number of rotatable bonds is 3. The molecule has 0 saturated heterocycles. The van der Waals surface area contributed by atoms with Crippen molar-refractivity contribution < 1.29 is 28.0 Å². The summed E-state index contributed by atoms with van der Waals surface area (Å²) in [4.78, 5) is 26.4. The number of halogens is 3. The van der Waals surface area contributed by atoms with Crippen LogP contribution in [0.4, 0.5) is 24.5 Å². The Kier molecular flexibility index (Phi) is 5.53. The van der Waals surface area contributed by atoms with Gasteiger partial charge in [0.15, 0.2) is 5.75 Å². The number of alkyl halides is 3. The van der Waals surface area contributed by atoms with Gasteiger partial charge in [0.05, 0.1) is 16.1 Å². The number of carbonyl (C=O) groups is 1. The number of phenols is 1. The summed E-state index contributed by atoms with van der Waals surface area (Å²) in [6, 6.07) is 7.82. The number of phenolic OH excluding ortho intramolecular Hbond substituents is 1. The summed E-state index contributed by atoms with van der Waals surface area (Å²) < 4.78 is 38.2. The van der Waals surface area contributed by atoms with Crippen molar-refractivity contribution in [1.82, 2.24) is 4.98 Å². The number of nitro benzene ring substituents is 1. The van der Waals surface area contributed by atoms with Crippen molar-refractivity contribution in [2.75, 3.05) is 5.32 Å². The molecule has 7 nitrogen and oxygen atoms in total. The number of aromatic hydroxyl groups is 1. The lowest BCUT2D eigenvalue weighted by Gasteiger charge is -2.11. The van der Waals surface area contributed by atoms with Crippen molar-refractivity contribution in [3.63, 3.8) is 0 Å². The zero-order valence-corrected chi connectivity index (χ0v) is 13.3. The molecule has 0 radical (unpaired) electrons. The standard InChI is InChI=1S/C17H10F3N3O4.CH4/c18-17(19,20)10-4-6-12(13(8-10)23(26)27)22-16(25)11-5-3-9-2-1-7-21-14(9)15(11)24;/h1-8,24H,(H,22,25);1H4. The van der Waals surface area contributed by atoms with Crippen LogP contribution in [0.1, 0.15) is 23.3 Å². The van der Waals surface area contributed by atoms with Gasteiger partial charge in [-0.1, -0.05) is 19.6 Å². The first kappa shape index (κ1) is 20.6. The molecule has 0 aliphatic heterocycles. The molecule has 0 aliphatic carbocycles. The predicted octanol–water partition coefficient (Wildman–Crippen LogP) is 4.76. The van der Waals surface area contributed by atoms with Gasteiger partial charge in [-0.25, -0.2) is 0 Å². The lowest BCUT2D eigenvalue weighted by molar-refractivity contribution is -0.384. The van der Waals surface area contributed by atoms with Gasteiger partial charge in [-0.3, -0.25) is 19.9 Å². The van der Waals surface area contributed by atoms with Gasteiger partial charge in [-0.15, -0.1) is 0 Å². The first-order valence-corrected chi connectivity index (χ1v) is 7.42. The molecule has 0 aliphatic rings. The fraction of sp³-hybridized carbons (Fsp3) is 0.111. The summed E-state index contributed by atoms with van der Waals surface area (Å²) in [5.41, 5.74) is -2.65. The van der Waals surface area contributed by atoms with E-state index in [0.717, 1.165) is 6.07 Å². The molecule has 1 heterocycles. The highest BCUT2D eigenvalue weighted by atomic mass is 19.4. The summed E-state index contributed by atoms with van der Waals surface area (Å²) in [7, 11) is 0. The number of pyridine rings is 1. The quantitative estimate of drug-likeness (QED) is 0.493. The third-order valence-electron chi connectivity index (χ3n) is 3.76. The van der Waals surface area contributed by atoms with Gasteiger partial charge in [-0.05, 0) is 24.3 Å². The molecule has 28 heavy (non-hydrogen) atoms. The molecule has 146 valence electrons. The predicted molar refractivity (Wildman–Crippen MR) is 96.2 cm³/mol. The van der Waals surface area contributed by atoms with Gasteiger partial charge in [0.1, 0.15) is 11.2 Å². The molecule has 0 atom stereocenters. The van der Waals surface area contributed by atoms with Crippen LogP contribution in [0.5, 0.6) is 5.75 Å². The smallest absolute Gasteiger partial charge is 0.416 e. The monoisotopic (exact) mass is 393 g/mol. The van der Waals surface area contributed by atoms with Crippen LogP contribution in [-0.4, -0.2) is 20.9 Å². The van der Waals surface area contributed by atoms with E-state index in [2.05, 4.69) is 10.3 Å². The molecule has 0 unspecified atom stereocenters. The molecule has 1 aromatic heterocycles. The first-order chi connectivity index (χ1) is 12.7. The molecule has 2 aromatic carbocycles. The van der Waals surface area contributed by atoms with Crippen molar-refractivity contribution in [2.24, 2.45) is 0 Å². The molecule has 10 heteroatoms. The number of aromatic nitrogens is 1. The minimum Gasteiger partial charge on any atom is -0.505 e. The third kappa shape index (κ3) is 3.85. The van der Waals surface area contributed by atoms with Gasteiger partial charge in [0.2, 0.25) is 0 Å². The van der Waals surface area contributed by atoms with Crippen LogP contribution in [-0.2, 0) is 6.18 Å². The van der Waals surface area contributed by atoms with Crippen LogP contribution in [0.15, 0.2) is 48.7 Å². The molecule has 0 saturated carbocycles. The second-order valence-electron chi connectivity index (χ2n) is 5.48. The fourth-order valence-corrected chi connectivity index (χ4v) is 2.47. The minimum atomic E-state index is -4.77. The molecule has 0 spiro atoms. The minimum absolute atomic E-state index is 0. The number of amides is 1. The normalized spacial score (nSPS) is 11.0. The lowest BCUT2D eigenvalue weighted by Crippen LogP contribution is -2.14. The Morgan fingerprint density at radius 2 is 1.89 bits per heavy atom. The van der Waals surface area contributed by atoms with Gasteiger partial charge in [0.25, 0.3) is 11.6 Å². The second-order valence-corrected chi connectivity index (χ2v) is 5.48. The van der Waals surface area contributed by atoms with Crippen LogP contribution in [0.25, 0.3) is 10.9 Å². The zero-order valence-electron chi connectivity index (χ0n) is 13.3. The number of nitrogens with zero attached hydrogens (tertiary/aromatic N) is 2. The topological polar surface area (TPSA) is 105 Å². The first-order valence-electron chi connectivity index (χ1n) is 7.42. The fourth-order valence-electron chi connectivity index (χ4n) is 2.47. The average molecular weight is 393 g/mol. The maximum absolute atomic E-state index is 12.7. The number of nitro groups is 1. The number of fused-ring (bicyclic) bond motifs is 1. The van der Waals surface area contributed by atoms with Crippen LogP contribution < -0.4 is 5.32 Å². The molecule has 0 fully saturated rings. The average Bonchev–Trinajstić information content (AvgIpc) is 2.61. The van der Waals surface area contributed by atoms with E-state index >= 15 is 0 Å². The SMILES string of the molecule is C.O=C(Nc1ccc(C(F)(F)F)cc1[N+](=O)[O-])c1ccc2cccnc2c1O. The van der Waals surface area contributed by atoms with E-state index < -0.39 is 39.7 Å². The van der Waals surface area contributed by atoms with E-state index in [0.29, 0.717) is 17.5 Å². The van der Waals surface area contributed by atoms with E-state index in [1.54, 1.807) is 12.1 Å². The molecule has 1 amide bonds. The summed E-state index contributed by atoms with van der Waals surface area (Å²) in [5, 5.41) is 24.0. The van der Waals surface area contributed by atoms with E-state index in [9.17, 15) is 33.2 Å². The van der Waals surface area contributed by atoms with Crippen molar-refractivity contribution in [3.8, 4) is 5.75 Å². The third-order valence-corrected chi connectivity index (χ3v) is 3.76. The maximum Gasteiger partial charge on any atom is 0.416 e. The van der Waals surface area contributed by atoms with Crippen LogP contribution in [0.2, 0.25) is 0 Å². The van der Waals surface area contributed by atoms with Crippen molar-refractivity contribution in [3.05, 3.63) is 69.9 Å².